The van der Waals surface area contributed by atoms with E-state index in [1.165, 1.54) is 4.90 Å². The summed E-state index contributed by atoms with van der Waals surface area (Å²) >= 11 is 0. The van der Waals surface area contributed by atoms with Crippen LogP contribution in [0, 0.1) is 5.41 Å². The molecule has 8 heteroatoms. The molecule has 0 spiro atoms. The van der Waals surface area contributed by atoms with Gasteiger partial charge in [0.15, 0.2) is 5.96 Å². The molecule has 0 radical (unpaired) electrons. The average molecular weight is 241 g/mol. The first-order valence-corrected chi connectivity index (χ1v) is 6.91. The monoisotopic (exact) mass is 241 g/mol. The molecule has 0 unspecified atom stereocenters. The highest BCUT2D eigenvalue weighted by atomic mass is 33.1. The van der Waals surface area contributed by atoms with Crippen molar-refractivity contribution in [1.29, 1.82) is 5.41 Å². The van der Waals surface area contributed by atoms with Crippen molar-refractivity contribution in [3.8, 4) is 0 Å². The van der Waals surface area contributed by atoms with Crippen LogP contribution in [-0.2, 0) is 9.15 Å². The van der Waals surface area contributed by atoms with Crippen LogP contribution in [0.2, 0.25) is 0 Å². The van der Waals surface area contributed by atoms with Crippen LogP contribution < -0.4 is 5.73 Å². The lowest BCUT2D eigenvalue weighted by Gasteiger charge is -2.26. The summed E-state index contributed by atoms with van der Waals surface area (Å²) in [4.78, 5) is 1.54. The van der Waals surface area contributed by atoms with E-state index in [1.54, 1.807) is 0 Å². The number of rotatable bonds is 5. The van der Waals surface area contributed by atoms with E-state index in [-0.39, 0.29) is 17.8 Å². The highest BCUT2D eigenvalue weighted by molar-refractivity contribution is 8.69. The van der Waals surface area contributed by atoms with Crippen molar-refractivity contribution in [3.63, 3.8) is 0 Å². The van der Waals surface area contributed by atoms with Crippen molar-refractivity contribution in [3.05, 3.63) is 0 Å². The lowest BCUT2D eigenvalue weighted by atomic mass is 10.3. The summed E-state index contributed by atoms with van der Waals surface area (Å²) in [5.74, 6) is 0.0762. The minimum Gasteiger partial charge on any atom is -0.370 e. The van der Waals surface area contributed by atoms with E-state index >= 15 is 0 Å². The lowest BCUT2D eigenvalue weighted by Crippen LogP contribution is -2.42. The van der Waals surface area contributed by atoms with Crippen LogP contribution in [0.25, 0.3) is 0 Å². The molecule has 0 amide bonds. The molecule has 0 aliphatic rings. The lowest BCUT2D eigenvalue weighted by molar-refractivity contribution is 0.363. The van der Waals surface area contributed by atoms with Crippen molar-refractivity contribution in [1.82, 2.24) is 4.90 Å². The van der Waals surface area contributed by atoms with E-state index in [9.17, 15) is 8.42 Å². The Morgan fingerprint density at radius 1 is 1.64 bits per heavy atom. The first-order valence-electron chi connectivity index (χ1n) is 3.96. The molecular formula is C6H15N3O3S2. The fourth-order valence-electron chi connectivity index (χ4n) is 0.898. The van der Waals surface area contributed by atoms with E-state index in [2.05, 4.69) is 0 Å². The Kier molecular flexibility index (Phi) is 5.24. The van der Waals surface area contributed by atoms with Gasteiger partial charge in [0.05, 0.1) is 0 Å². The van der Waals surface area contributed by atoms with Gasteiger partial charge in [0.2, 0.25) is 0 Å². The zero-order valence-electron chi connectivity index (χ0n) is 8.10. The summed E-state index contributed by atoms with van der Waals surface area (Å²) < 4.78 is 29.2. The number of hydrogen-bond acceptors (Lipinski definition) is 4. The van der Waals surface area contributed by atoms with E-state index in [1.807, 2.05) is 13.8 Å². The molecule has 0 rings (SSSR count). The molecule has 0 atom stereocenters. The Morgan fingerprint density at radius 2 is 2.14 bits per heavy atom. The quantitative estimate of drug-likeness (QED) is 0.273. The van der Waals surface area contributed by atoms with Crippen molar-refractivity contribution < 1.29 is 13.0 Å². The van der Waals surface area contributed by atoms with Crippen LogP contribution in [0.1, 0.15) is 13.8 Å². The molecule has 0 fully saturated rings. The summed E-state index contributed by atoms with van der Waals surface area (Å²) in [7, 11) is -3.56. The number of hydrogen-bond donors (Lipinski definition) is 3. The van der Waals surface area contributed by atoms with Gasteiger partial charge in [0.25, 0.3) is 0 Å². The normalized spacial score (nSPS) is 11.7. The van der Waals surface area contributed by atoms with Gasteiger partial charge in [-0.1, -0.05) is 0 Å². The summed E-state index contributed by atoms with van der Waals surface area (Å²) in [6.07, 6.45) is 0. The Morgan fingerprint density at radius 3 is 2.43 bits per heavy atom. The second-order valence-corrected chi connectivity index (χ2v) is 6.39. The first kappa shape index (κ1) is 13.5. The molecule has 0 aliphatic heterocycles. The molecule has 0 aromatic carbocycles. The molecule has 0 bridgehead atoms. The summed E-state index contributed by atoms with van der Waals surface area (Å²) in [5, 5.41) is 7.20. The number of nitrogens with two attached hydrogens (primary N) is 1. The molecule has 0 aromatic rings. The standard InChI is InChI=1S/C6H15N3O3S2/c1-5(2)9(6(7)8)3-4-13-14(10,11)12/h5H,3-4H2,1-2H3,(H3,7,8)(H,10,11,12). The maximum absolute atomic E-state index is 10.4. The molecule has 0 saturated heterocycles. The summed E-state index contributed by atoms with van der Waals surface area (Å²) in [5.41, 5.74) is 5.28. The zero-order valence-corrected chi connectivity index (χ0v) is 9.73. The maximum atomic E-state index is 10.4. The molecule has 0 aliphatic carbocycles. The van der Waals surface area contributed by atoms with Gasteiger partial charge in [-0.2, -0.15) is 8.42 Å². The molecule has 84 valence electrons. The third kappa shape index (κ3) is 6.06. The Bertz CT molecular complexity index is 289. The van der Waals surface area contributed by atoms with Crippen molar-refractivity contribution >= 4 is 25.9 Å². The van der Waals surface area contributed by atoms with Crippen LogP contribution in [0.3, 0.4) is 0 Å². The number of guanidine groups is 1. The molecule has 0 aromatic heterocycles. The molecule has 14 heavy (non-hydrogen) atoms. The van der Waals surface area contributed by atoms with Gasteiger partial charge in [0, 0.05) is 18.3 Å². The van der Waals surface area contributed by atoms with Crippen LogP contribution in [0.4, 0.5) is 0 Å². The van der Waals surface area contributed by atoms with Crippen LogP contribution in [0.15, 0.2) is 0 Å². The Hall–Kier alpha value is -0.470. The van der Waals surface area contributed by atoms with Crippen molar-refractivity contribution in [2.24, 2.45) is 5.73 Å². The second kappa shape index (κ2) is 5.42. The molecule has 6 nitrogen and oxygen atoms in total. The first-order chi connectivity index (χ1) is 6.24. The van der Waals surface area contributed by atoms with E-state index < -0.39 is 9.15 Å². The van der Waals surface area contributed by atoms with Gasteiger partial charge in [-0.05, 0) is 24.6 Å². The highest BCUT2D eigenvalue weighted by Gasteiger charge is 2.12. The highest BCUT2D eigenvalue weighted by Crippen LogP contribution is 2.09. The van der Waals surface area contributed by atoms with E-state index in [0.29, 0.717) is 17.3 Å². The maximum Gasteiger partial charge on any atom is 0.319 e. The topological polar surface area (TPSA) is 107 Å². The van der Waals surface area contributed by atoms with Gasteiger partial charge in [-0.15, -0.1) is 0 Å². The van der Waals surface area contributed by atoms with Gasteiger partial charge in [0.1, 0.15) is 0 Å². The molecular weight excluding hydrogens is 226 g/mol. The Balaban J connectivity index is 4.03. The fourth-order valence-corrected chi connectivity index (χ4v) is 2.24. The van der Waals surface area contributed by atoms with Crippen LogP contribution >= 0.6 is 10.8 Å². The van der Waals surface area contributed by atoms with E-state index in [0.717, 1.165) is 0 Å². The zero-order chi connectivity index (χ0) is 11.4. The van der Waals surface area contributed by atoms with E-state index in [4.69, 9.17) is 15.7 Å². The van der Waals surface area contributed by atoms with Crippen LogP contribution in [0.5, 0.6) is 0 Å². The Labute approximate surface area is 87.5 Å². The SMILES string of the molecule is CC(C)N(CCSS(=O)(=O)O)C(=N)N. The second-order valence-electron chi connectivity index (χ2n) is 2.92. The third-order valence-corrected chi connectivity index (χ3v) is 3.54. The predicted molar refractivity (Wildman–Crippen MR) is 57.8 cm³/mol. The number of nitrogens with zero attached hydrogens (tertiary/aromatic N) is 1. The molecule has 0 saturated carbocycles. The van der Waals surface area contributed by atoms with Crippen LogP contribution in [-0.4, -0.2) is 42.2 Å². The minimum atomic E-state index is -3.99. The van der Waals surface area contributed by atoms with Crippen molar-refractivity contribution in [2.45, 2.75) is 19.9 Å². The molecule has 4 N–H and O–H groups in total. The largest absolute Gasteiger partial charge is 0.370 e. The van der Waals surface area contributed by atoms with Gasteiger partial charge < -0.3 is 10.6 Å². The smallest absolute Gasteiger partial charge is 0.319 e. The minimum absolute atomic E-state index is 0.0366. The molecule has 0 heterocycles. The predicted octanol–water partition coefficient (Wildman–Crippen LogP) is 0.126. The fraction of sp³-hybridized carbons (Fsp3) is 0.833. The van der Waals surface area contributed by atoms with Gasteiger partial charge in [-0.25, -0.2) is 0 Å². The summed E-state index contributed by atoms with van der Waals surface area (Å²) in [6.45, 7) is 4.01. The average Bonchev–Trinajstić information content (AvgIpc) is 1.94. The van der Waals surface area contributed by atoms with Gasteiger partial charge in [-0.3, -0.25) is 9.96 Å². The third-order valence-electron chi connectivity index (χ3n) is 1.50. The van der Waals surface area contributed by atoms with Crippen molar-refractivity contribution in [2.75, 3.05) is 12.3 Å². The summed E-state index contributed by atoms with van der Waals surface area (Å²) in [6, 6.07) is 0.0366. The number of nitrogens with one attached hydrogen (secondary N) is 1. The van der Waals surface area contributed by atoms with Gasteiger partial charge >= 0.3 is 9.15 Å².